The van der Waals surface area contributed by atoms with Crippen molar-refractivity contribution >= 4 is 28.2 Å². The summed E-state index contributed by atoms with van der Waals surface area (Å²) in [5, 5.41) is 0. The predicted molar refractivity (Wildman–Crippen MR) is 200 cm³/mol. The lowest BCUT2D eigenvalue weighted by Gasteiger charge is -2.27. The number of anilines is 3. The SMILES string of the molecule is CC1(C)C2=C(CC=CC(c3ccc(N(c4ccccc4)c4ccc(-c5ccccc5)cc4)cc3-c3ccccc3)=C2)c2ccccc21. The molecule has 0 unspecified atom stereocenters. The lowest BCUT2D eigenvalue weighted by molar-refractivity contribution is 0.654. The molecular weight excluding hydrogens is 567 g/mol. The van der Waals surface area contributed by atoms with Crippen molar-refractivity contribution in [1.82, 2.24) is 0 Å². The topological polar surface area (TPSA) is 3.24 Å². The first-order valence-corrected chi connectivity index (χ1v) is 16.5. The van der Waals surface area contributed by atoms with Gasteiger partial charge in [0, 0.05) is 22.5 Å². The zero-order valence-corrected chi connectivity index (χ0v) is 26.9. The van der Waals surface area contributed by atoms with Crippen LogP contribution in [0.3, 0.4) is 0 Å². The van der Waals surface area contributed by atoms with Crippen LogP contribution in [0.4, 0.5) is 17.1 Å². The van der Waals surface area contributed by atoms with Gasteiger partial charge >= 0.3 is 0 Å². The third kappa shape index (κ3) is 5.24. The van der Waals surface area contributed by atoms with Crippen molar-refractivity contribution < 1.29 is 0 Å². The molecule has 226 valence electrons. The molecule has 1 nitrogen and oxygen atoms in total. The van der Waals surface area contributed by atoms with E-state index in [-0.39, 0.29) is 5.41 Å². The van der Waals surface area contributed by atoms with Crippen LogP contribution in [0, 0.1) is 0 Å². The Morgan fingerprint density at radius 2 is 1.06 bits per heavy atom. The van der Waals surface area contributed by atoms with Crippen LogP contribution in [-0.2, 0) is 5.41 Å². The van der Waals surface area contributed by atoms with E-state index in [1.807, 2.05) is 0 Å². The molecule has 47 heavy (non-hydrogen) atoms. The number of para-hydroxylation sites is 1. The van der Waals surface area contributed by atoms with Gasteiger partial charge in [-0.3, -0.25) is 0 Å². The first-order valence-electron chi connectivity index (χ1n) is 16.5. The van der Waals surface area contributed by atoms with Crippen LogP contribution in [-0.4, -0.2) is 0 Å². The Labute approximate surface area is 278 Å². The second-order valence-electron chi connectivity index (χ2n) is 12.9. The van der Waals surface area contributed by atoms with Crippen molar-refractivity contribution in [3.63, 3.8) is 0 Å². The zero-order valence-electron chi connectivity index (χ0n) is 26.9. The molecule has 0 radical (unpaired) electrons. The van der Waals surface area contributed by atoms with Crippen LogP contribution in [0.25, 0.3) is 33.4 Å². The van der Waals surface area contributed by atoms with Gasteiger partial charge in [-0.05, 0) is 105 Å². The number of hydrogen-bond acceptors (Lipinski definition) is 1. The first-order chi connectivity index (χ1) is 23.1. The van der Waals surface area contributed by atoms with E-state index >= 15 is 0 Å². The summed E-state index contributed by atoms with van der Waals surface area (Å²) >= 11 is 0. The molecule has 0 aliphatic heterocycles. The maximum absolute atomic E-state index is 2.46. The third-order valence-electron chi connectivity index (χ3n) is 9.75. The number of fused-ring (bicyclic) bond motifs is 2. The molecule has 0 saturated carbocycles. The summed E-state index contributed by atoms with van der Waals surface area (Å²) in [7, 11) is 0. The number of allylic oxidation sites excluding steroid dienone is 6. The lowest BCUT2D eigenvalue weighted by Crippen LogP contribution is -2.16. The molecule has 0 N–H and O–H groups in total. The molecule has 0 heterocycles. The molecule has 2 aliphatic rings. The molecule has 6 aromatic carbocycles. The van der Waals surface area contributed by atoms with Crippen LogP contribution < -0.4 is 4.90 Å². The van der Waals surface area contributed by atoms with E-state index in [0.717, 1.165) is 23.5 Å². The molecule has 0 bridgehead atoms. The van der Waals surface area contributed by atoms with Gasteiger partial charge in [0.15, 0.2) is 0 Å². The minimum absolute atomic E-state index is 0.0495. The monoisotopic (exact) mass is 603 g/mol. The van der Waals surface area contributed by atoms with Gasteiger partial charge in [-0.2, -0.15) is 0 Å². The van der Waals surface area contributed by atoms with Crippen LogP contribution >= 0.6 is 0 Å². The molecule has 0 fully saturated rings. The summed E-state index contributed by atoms with van der Waals surface area (Å²) < 4.78 is 0. The number of benzene rings is 6. The normalized spacial score (nSPS) is 14.6. The fourth-order valence-corrected chi connectivity index (χ4v) is 7.36. The van der Waals surface area contributed by atoms with E-state index in [1.54, 1.807) is 0 Å². The van der Waals surface area contributed by atoms with Crippen molar-refractivity contribution in [2.45, 2.75) is 25.7 Å². The zero-order chi connectivity index (χ0) is 31.8. The van der Waals surface area contributed by atoms with Gasteiger partial charge in [0.1, 0.15) is 0 Å². The Morgan fingerprint density at radius 1 is 0.489 bits per heavy atom. The molecule has 6 aromatic rings. The molecular formula is C46H37N. The Kier molecular flexibility index (Phi) is 7.31. The minimum Gasteiger partial charge on any atom is -0.310 e. The van der Waals surface area contributed by atoms with Crippen molar-refractivity contribution in [3.05, 3.63) is 198 Å². The van der Waals surface area contributed by atoms with Crippen molar-refractivity contribution in [1.29, 1.82) is 0 Å². The van der Waals surface area contributed by atoms with Crippen molar-refractivity contribution in [3.8, 4) is 22.3 Å². The highest BCUT2D eigenvalue weighted by Gasteiger charge is 2.36. The van der Waals surface area contributed by atoms with Crippen LogP contribution in [0.5, 0.6) is 0 Å². The average Bonchev–Trinajstić information content (AvgIpc) is 3.25. The number of nitrogens with zero attached hydrogens (tertiary/aromatic N) is 1. The number of rotatable bonds is 6. The van der Waals surface area contributed by atoms with E-state index in [2.05, 4.69) is 195 Å². The maximum Gasteiger partial charge on any atom is 0.0468 e. The second kappa shape index (κ2) is 11.9. The van der Waals surface area contributed by atoms with Crippen molar-refractivity contribution in [2.75, 3.05) is 4.90 Å². The van der Waals surface area contributed by atoms with E-state index in [4.69, 9.17) is 0 Å². The Hall–Kier alpha value is -5.66. The smallest absolute Gasteiger partial charge is 0.0468 e. The standard InChI is InChI=1S/C46H37N/c1-46(2)44-24-13-12-22-41(44)42-23-14-19-36(31-45(42)46)40-30-29-39(32-43(40)35-17-8-4-9-18-35)47(37-20-10-5-11-21-37)38-27-25-34(26-28-38)33-15-6-3-7-16-33/h3-22,24-32H,23H2,1-2H3. The highest BCUT2D eigenvalue weighted by Crippen LogP contribution is 2.50. The largest absolute Gasteiger partial charge is 0.310 e. The quantitative estimate of drug-likeness (QED) is 0.183. The van der Waals surface area contributed by atoms with Crippen LogP contribution in [0.1, 0.15) is 37.0 Å². The Balaban J connectivity index is 1.27. The summed E-state index contributed by atoms with van der Waals surface area (Å²) in [5.74, 6) is 0. The van der Waals surface area contributed by atoms with Gasteiger partial charge in [0.25, 0.3) is 0 Å². The summed E-state index contributed by atoms with van der Waals surface area (Å²) in [4.78, 5) is 2.36. The summed E-state index contributed by atoms with van der Waals surface area (Å²) in [6.45, 7) is 4.74. The molecule has 0 aromatic heterocycles. The summed E-state index contributed by atoms with van der Waals surface area (Å²) in [6, 6.07) is 56.9. The molecule has 1 heteroatoms. The Morgan fingerprint density at radius 3 is 1.79 bits per heavy atom. The highest BCUT2D eigenvalue weighted by molar-refractivity contribution is 5.94. The molecule has 2 aliphatic carbocycles. The Bertz CT molecular complexity index is 2150. The second-order valence-corrected chi connectivity index (χ2v) is 12.9. The average molecular weight is 604 g/mol. The fourth-order valence-electron chi connectivity index (χ4n) is 7.36. The van der Waals surface area contributed by atoms with Gasteiger partial charge in [0.2, 0.25) is 0 Å². The minimum atomic E-state index is -0.0495. The molecule has 0 saturated heterocycles. The first kappa shape index (κ1) is 28.8. The van der Waals surface area contributed by atoms with Gasteiger partial charge in [-0.15, -0.1) is 0 Å². The van der Waals surface area contributed by atoms with E-state index < -0.39 is 0 Å². The van der Waals surface area contributed by atoms with Gasteiger partial charge in [0.05, 0.1) is 0 Å². The summed E-state index contributed by atoms with van der Waals surface area (Å²) in [6.07, 6.45) is 8.07. The van der Waals surface area contributed by atoms with Gasteiger partial charge in [-0.25, -0.2) is 0 Å². The molecule has 0 spiro atoms. The summed E-state index contributed by atoms with van der Waals surface area (Å²) in [5.41, 5.74) is 16.4. The fraction of sp³-hybridized carbons (Fsp3) is 0.0870. The van der Waals surface area contributed by atoms with Gasteiger partial charge < -0.3 is 4.90 Å². The predicted octanol–water partition coefficient (Wildman–Crippen LogP) is 12.6. The van der Waals surface area contributed by atoms with Crippen LogP contribution in [0.15, 0.2) is 182 Å². The molecule has 0 atom stereocenters. The lowest BCUT2D eigenvalue weighted by atomic mass is 9.80. The van der Waals surface area contributed by atoms with E-state index in [9.17, 15) is 0 Å². The number of hydrogen-bond donors (Lipinski definition) is 0. The third-order valence-corrected chi connectivity index (χ3v) is 9.75. The molecule has 8 rings (SSSR count). The molecule has 0 amide bonds. The van der Waals surface area contributed by atoms with E-state index in [1.165, 1.54) is 55.7 Å². The maximum atomic E-state index is 2.46. The van der Waals surface area contributed by atoms with Crippen molar-refractivity contribution in [2.24, 2.45) is 0 Å². The van der Waals surface area contributed by atoms with Gasteiger partial charge in [-0.1, -0.05) is 147 Å². The van der Waals surface area contributed by atoms with Crippen LogP contribution in [0.2, 0.25) is 0 Å². The highest BCUT2D eigenvalue weighted by atomic mass is 15.1. The van der Waals surface area contributed by atoms with E-state index in [0.29, 0.717) is 0 Å².